The number of nitrogens with zero attached hydrogens (tertiary/aromatic N) is 2. The number of aromatic nitrogens is 2. The maximum absolute atomic E-state index is 12.7. The van der Waals surface area contributed by atoms with E-state index in [1.165, 1.54) is 0 Å². The molecule has 2 unspecified atom stereocenters. The SMILES string of the molecule is CC(O)CC(CNC(=O)c1cncn1-c1ccccc1)c1ccccc1. The Labute approximate surface area is 153 Å². The third-order valence-corrected chi connectivity index (χ3v) is 4.31. The van der Waals surface area contributed by atoms with Crippen molar-refractivity contribution < 1.29 is 9.90 Å². The number of imidazole rings is 1. The van der Waals surface area contributed by atoms with E-state index in [1.807, 2.05) is 60.7 Å². The van der Waals surface area contributed by atoms with E-state index in [-0.39, 0.29) is 11.8 Å². The Balaban J connectivity index is 1.73. The lowest BCUT2D eigenvalue weighted by atomic mass is 9.93. The number of para-hydroxylation sites is 1. The number of hydrogen-bond donors (Lipinski definition) is 2. The van der Waals surface area contributed by atoms with Gasteiger partial charge in [-0.25, -0.2) is 4.98 Å². The molecule has 5 nitrogen and oxygen atoms in total. The van der Waals surface area contributed by atoms with E-state index in [0.29, 0.717) is 18.7 Å². The van der Waals surface area contributed by atoms with Gasteiger partial charge in [-0.2, -0.15) is 0 Å². The quantitative estimate of drug-likeness (QED) is 0.688. The number of aliphatic hydroxyl groups excluding tert-OH is 1. The molecule has 0 bridgehead atoms. The van der Waals surface area contributed by atoms with Gasteiger partial charge in [-0.05, 0) is 31.0 Å². The van der Waals surface area contributed by atoms with Crippen molar-refractivity contribution in [2.45, 2.75) is 25.4 Å². The van der Waals surface area contributed by atoms with Crippen LogP contribution in [0.1, 0.15) is 35.3 Å². The highest BCUT2D eigenvalue weighted by Crippen LogP contribution is 2.21. The van der Waals surface area contributed by atoms with Crippen molar-refractivity contribution >= 4 is 5.91 Å². The van der Waals surface area contributed by atoms with Gasteiger partial charge in [0.2, 0.25) is 0 Å². The molecule has 1 aromatic heterocycles. The Hall–Kier alpha value is -2.92. The van der Waals surface area contributed by atoms with Gasteiger partial charge >= 0.3 is 0 Å². The van der Waals surface area contributed by atoms with Crippen LogP contribution in [0.4, 0.5) is 0 Å². The molecule has 0 aliphatic carbocycles. The summed E-state index contributed by atoms with van der Waals surface area (Å²) in [5.74, 6) is -0.133. The van der Waals surface area contributed by atoms with E-state index in [9.17, 15) is 9.90 Å². The Kier molecular flexibility index (Phi) is 5.81. The second kappa shape index (κ2) is 8.45. The lowest BCUT2D eigenvalue weighted by Gasteiger charge is -2.20. The summed E-state index contributed by atoms with van der Waals surface area (Å²) < 4.78 is 1.77. The van der Waals surface area contributed by atoms with Crippen LogP contribution < -0.4 is 5.32 Å². The zero-order chi connectivity index (χ0) is 18.4. The van der Waals surface area contributed by atoms with E-state index in [0.717, 1.165) is 11.3 Å². The number of hydrogen-bond acceptors (Lipinski definition) is 3. The molecule has 1 heterocycles. The second-order valence-corrected chi connectivity index (χ2v) is 6.39. The second-order valence-electron chi connectivity index (χ2n) is 6.39. The van der Waals surface area contributed by atoms with Gasteiger partial charge in [-0.1, -0.05) is 48.5 Å². The third-order valence-electron chi connectivity index (χ3n) is 4.31. The smallest absolute Gasteiger partial charge is 0.269 e. The van der Waals surface area contributed by atoms with E-state index < -0.39 is 6.10 Å². The fraction of sp³-hybridized carbons (Fsp3) is 0.238. The fourth-order valence-electron chi connectivity index (χ4n) is 3.04. The molecule has 3 rings (SSSR count). The van der Waals surface area contributed by atoms with Crippen LogP contribution in [0.25, 0.3) is 5.69 Å². The first-order valence-electron chi connectivity index (χ1n) is 8.74. The van der Waals surface area contributed by atoms with Gasteiger partial charge < -0.3 is 10.4 Å². The Morgan fingerprint density at radius 2 is 1.77 bits per heavy atom. The van der Waals surface area contributed by atoms with Crippen LogP contribution in [0.3, 0.4) is 0 Å². The van der Waals surface area contributed by atoms with Crippen LogP contribution in [0, 0.1) is 0 Å². The van der Waals surface area contributed by atoms with Gasteiger partial charge in [-0.15, -0.1) is 0 Å². The van der Waals surface area contributed by atoms with E-state index >= 15 is 0 Å². The van der Waals surface area contributed by atoms with Crippen molar-refractivity contribution in [3.63, 3.8) is 0 Å². The summed E-state index contributed by atoms with van der Waals surface area (Å²) in [5, 5.41) is 12.8. The normalized spacial score (nSPS) is 13.2. The average molecular weight is 349 g/mol. The number of carbonyl (C=O) groups excluding carboxylic acids is 1. The van der Waals surface area contributed by atoms with E-state index in [1.54, 1.807) is 24.0 Å². The summed E-state index contributed by atoms with van der Waals surface area (Å²) in [6.45, 7) is 2.22. The molecule has 1 amide bonds. The van der Waals surface area contributed by atoms with Gasteiger partial charge in [0.05, 0.1) is 18.6 Å². The highest BCUT2D eigenvalue weighted by molar-refractivity contribution is 5.93. The van der Waals surface area contributed by atoms with Crippen LogP contribution in [0.5, 0.6) is 0 Å². The van der Waals surface area contributed by atoms with Crippen LogP contribution in [-0.4, -0.2) is 33.2 Å². The first-order valence-corrected chi connectivity index (χ1v) is 8.74. The zero-order valence-electron chi connectivity index (χ0n) is 14.7. The largest absolute Gasteiger partial charge is 0.393 e. The Morgan fingerprint density at radius 3 is 2.42 bits per heavy atom. The molecule has 0 aliphatic heterocycles. The van der Waals surface area contributed by atoms with Crippen LogP contribution in [0.15, 0.2) is 73.2 Å². The molecule has 0 radical (unpaired) electrons. The van der Waals surface area contributed by atoms with Gasteiger partial charge in [0.1, 0.15) is 5.69 Å². The molecule has 0 aliphatic rings. The fourth-order valence-corrected chi connectivity index (χ4v) is 3.04. The summed E-state index contributed by atoms with van der Waals surface area (Å²) in [6, 6.07) is 19.6. The van der Waals surface area contributed by atoms with Gasteiger partial charge in [-0.3, -0.25) is 9.36 Å². The molecule has 26 heavy (non-hydrogen) atoms. The molecular weight excluding hydrogens is 326 g/mol. The topological polar surface area (TPSA) is 67.2 Å². The summed E-state index contributed by atoms with van der Waals surface area (Å²) in [7, 11) is 0. The number of benzene rings is 2. The predicted molar refractivity (Wildman–Crippen MR) is 101 cm³/mol. The molecule has 3 aromatic rings. The van der Waals surface area contributed by atoms with Crippen molar-refractivity contribution in [1.82, 2.24) is 14.9 Å². The lowest BCUT2D eigenvalue weighted by Crippen LogP contribution is -2.31. The molecule has 0 spiro atoms. The van der Waals surface area contributed by atoms with Gasteiger partial charge in [0, 0.05) is 18.2 Å². The minimum absolute atomic E-state index is 0.0493. The van der Waals surface area contributed by atoms with Crippen LogP contribution in [0.2, 0.25) is 0 Å². The molecule has 2 N–H and O–H groups in total. The average Bonchev–Trinajstić information content (AvgIpc) is 3.16. The summed E-state index contributed by atoms with van der Waals surface area (Å²) in [4.78, 5) is 16.8. The third kappa shape index (κ3) is 4.37. The van der Waals surface area contributed by atoms with Crippen molar-refractivity contribution in [1.29, 1.82) is 0 Å². The van der Waals surface area contributed by atoms with Crippen molar-refractivity contribution in [3.05, 3.63) is 84.4 Å². The minimum Gasteiger partial charge on any atom is -0.393 e. The molecular formula is C21H23N3O2. The van der Waals surface area contributed by atoms with E-state index in [4.69, 9.17) is 0 Å². The molecule has 0 fully saturated rings. The lowest BCUT2D eigenvalue weighted by molar-refractivity contribution is 0.0939. The highest BCUT2D eigenvalue weighted by atomic mass is 16.3. The Bertz CT molecular complexity index is 829. The molecule has 2 atom stereocenters. The summed E-state index contributed by atoms with van der Waals surface area (Å²) >= 11 is 0. The molecule has 0 saturated heterocycles. The first-order chi connectivity index (χ1) is 12.6. The van der Waals surface area contributed by atoms with Gasteiger partial charge in [0.25, 0.3) is 5.91 Å². The van der Waals surface area contributed by atoms with E-state index in [2.05, 4.69) is 10.3 Å². The standard InChI is InChI=1S/C21H23N3O2/c1-16(25)12-18(17-8-4-2-5-9-17)13-23-21(26)20-14-22-15-24(20)19-10-6-3-7-11-19/h2-11,14-16,18,25H,12-13H2,1H3,(H,23,26). The number of nitrogens with one attached hydrogen (secondary N) is 1. The summed E-state index contributed by atoms with van der Waals surface area (Å²) in [5.41, 5.74) is 2.48. The number of rotatable bonds is 7. The molecule has 2 aromatic carbocycles. The number of carbonyl (C=O) groups is 1. The van der Waals surface area contributed by atoms with Crippen molar-refractivity contribution in [2.75, 3.05) is 6.54 Å². The monoisotopic (exact) mass is 349 g/mol. The van der Waals surface area contributed by atoms with Crippen LogP contribution >= 0.6 is 0 Å². The van der Waals surface area contributed by atoms with Gasteiger partial charge in [0.15, 0.2) is 0 Å². The van der Waals surface area contributed by atoms with Crippen molar-refractivity contribution in [2.24, 2.45) is 0 Å². The predicted octanol–water partition coefficient (Wildman–Crippen LogP) is 3.16. The maximum atomic E-state index is 12.7. The minimum atomic E-state index is -0.438. The Morgan fingerprint density at radius 1 is 1.12 bits per heavy atom. The first kappa shape index (κ1) is 17.9. The molecule has 0 saturated carbocycles. The van der Waals surface area contributed by atoms with Crippen molar-refractivity contribution in [3.8, 4) is 5.69 Å². The van der Waals surface area contributed by atoms with Crippen LogP contribution in [-0.2, 0) is 0 Å². The number of aliphatic hydroxyl groups is 1. The maximum Gasteiger partial charge on any atom is 0.269 e. The molecule has 134 valence electrons. The highest BCUT2D eigenvalue weighted by Gasteiger charge is 2.18. The summed E-state index contributed by atoms with van der Waals surface area (Å²) in [6.07, 6.45) is 3.35. The zero-order valence-corrected chi connectivity index (χ0v) is 14.7. The number of amides is 1. The molecule has 5 heteroatoms.